The minimum Gasteiger partial charge on any atom is -0.465 e. The summed E-state index contributed by atoms with van der Waals surface area (Å²) in [5.74, 6) is 0.971. The van der Waals surface area contributed by atoms with Crippen LogP contribution in [0, 0.1) is 13.8 Å². The van der Waals surface area contributed by atoms with Gasteiger partial charge in [-0.25, -0.2) is 8.42 Å². The maximum absolute atomic E-state index is 12.4. The highest BCUT2D eigenvalue weighted by Gasteiger charge is 2.26. The molecule has 3 N–H and O–H groups in total. The minimum absolute atomic E-state index is 0.181. The molecule has 0 atom stereocenters. The number of anilines is 1. The number of hydrogen-bond donors (Lipinski definition) is 3. The molecule has 0 aliphatic heterocycles. The third-order valence-electron chi connectivity index (χ3n) is 2.70. The predicted molar refractivity (Wildman–Crippen MR) is 70.3 cm³/mol. The molecule has 19 heavy (non-hydrogen) atoms. The van der Waals surface area contributed by atoms with Gasteiger partial charge in [-0.15, -0.1) is 0 Å². The van der Waals surface area contributed by atoms with Crippen LogP contribution in [0.1, 0.15) is 17.1 Å². The maximum atomic E-state index is 12.4. The average Bonchev–Trinajstić information content (AvgIpc) is 2.88. The molecule has 0 aliphatic rings. The van der Waals surface area contributed by atoms with Gasteiger partial charge in [0.25, 0.3) is 10.0 Å². The summed E-state index contributed by atoms with van der Waals surface area (Å²) in [5, 5.41) is 9.19. The molecule has 2 aromatic rings. The van der Waals surface area contributed by atoms with Gasteiger partial charge in [-0.05, 0) is 20.9 Å². The summed E-state index contributed by atoms with van der Waals surface area (Å²) in [5.41, 5.74) is 1.02. The number of aryl methyl sites for hydroxylation is 2. The Kier molecular flexibility index (Phi) is 3.63. The molecule has 2 heterocycles. The first-order valence-corrected chi connectivity index (χ1v) is 7.19. The number of aromatic nitrogens is 2. The van der Waals surface area contributed by atoms with E-state index in [2.05, 4.69) is 20.2 Å². The SMILES string of the molecule is CNCc1c(C)oc(C)c1S(=O)(=O)Nc1cn[nH]c1. The standard InChI is InChI=1S/C11H16N4O3S/c1-7-10(6-12-3)11(8(2)18-7)19(16,17)15-9-4-13-14-5-9/h4-5,12,15H,6H2,1-3H3,(H,13,14). The molecule has 0 fully saturated rings. The van der Waals surface area contributed by atoms with E-state index in [9.17, 15) is 8.42 Å². The highest BCUT2D eigenvalue weighted by atomic mass is 32.2. The van der Waals surface area contributed by atoms with Crippen molar-refractivity contribution in [3.8, 4) is 0 Å². The maximum Gasteiger partial charge on any atom is 0.265 e. The van der Waals surface area contributed by atoms with Crippen LogP contribution >= 0.6 is 0 Å². The molecule has 0 unspecified atom stereocenters. The van der Waals surface area contributed by atoms with Crippen LogP contribution in [-0.4, -0.2) is 25.7 Å². The number of H-pyrrole nitrogens is 1. The highest BCUT2D eigenvalue weighted by molar-refractivity contribution is 7.92. The van der Waals surface area contributed by atoms with Crippen molar-refractivity contribution in [1.82, 2.24) is 15.5 Å². The lowest BCUT2D eigenvalue weighted by Crippen LogP contribution is -2.17. The monoisotopic (exact) mass is 284 g/mol. The van der Waals surface area contributed by atoms with Gasteiger partial charge in [0.2, 0.25) is 0 Å². The second-order valence-electron chi connectivity index (χ2n) is 4.14. The van der Waals surface area contributed by atoms with Gasteiger partial charge in [-0.3, -0.25) is 9.82 Å². The van der Waals surface area contributed by atoms with Crippen molar-refractivity contribution in [3.05, 3.63) is 29.5 Å². The quantitative estimate of drug-likeness (QED) is 0.764. The van der Waals surface area contributed by atoms with Crippen LogP contribution in [0.15, 0.2) is 21.7 Å². The summed E-state index contributed by atoms with van der Waals surface area (Å²) in [6, 6.07) is 0. The van der Waals surface area contributed by atoms with Gasteiger partial charge >= 0.3 is 0 Å². The number of aromatic amines is 1. The van der Waals surface area contributed by atoms with E-state index >= 15 is 0 Å². The van der Waals surface area contributed by atoms with E-state index in [0.717, 1.165) is 0 Å². The summed E-state index contributed by atoms with van der Waals surface area (Å²) in [6.07, 6.45) is 2.87. The zero-order chi connectivity index (χ0) is 14.0. The molecular formula is C11H16N4O3S. The topological polar surface area (TPSA) is 100 Å². The fraction of sp³-hybridized carbons (Fsp3) is 0.364. The first-order valence-electron chi connectivity index (χ1n) is 5.70. The lowest BCUT2D eigenvalue weighted by Gasteiger charge is -2.07. The molecule has 0 saturated carbocycles. The summed E-state index contributed by atoms with van der Waals surface area (Å²) in [7, 11) is -1.94. The van der Waals surface area contributed by atoms with Gasteiger partial charge in [-0.2, -0.15) is 5.10 Å². The Morgan fingerprint density at radius 1 is 1.37 bits per heavy atom. The first-order chi connectivity index (χ1) is 8.95. The van der Waals surface area contributed by atoms with Gasteiger partial charge in [-0.1, -0.05) is 0 Å². The Labute approximate surface area is 111 Å². The van der Waals surface area contributed by atoms with Gasteiger partial charge < -0.3 is 9.73 Å². The summed E-state index contributed by atoms with van der Waals surface area (Å²) < 4.78 is 32.7. The molecule has 0 saturated heterocycles. The molecule has 0 bridgehead atoms. The van der Waals surface area contributed by atoms with Gasteiger partial charge in [0, 0.05) is 18.3 Å². The van der Waals surface area contributed by atoms with E-state index in [1.807, 2.05) is 0 Å². The fourth-order valence-electron chi connectivity index (χ4n) is 1.96. The number of sulfonamides is 1. The number of hydrogen-bond acceptors (Lipinski definition) is 5. The molecule has 0 amide bonds. The van der Waals surface area contributed by atoms with Crippen molar-refractivity contribution >= 4 is 15.7 Å². The zero-order valence-electron chi connectivity index (χ0n) is 10.9. The van der Waals surface area contributed by atoms with Crippen LogP contribution in [0.5, 0.6) is 0 Å². The molecule has 2 aromatic heterocycles. The van der Waals surface area contributed by atoms with E-state index < -0.39 is 10.0 Å². The Morgan fingerprint density at radius 2 is 2.11 bits per heavy atom. The zero-order valence-corrected chi connectivity index (χ0v) is 11.8. The lowest BCUT2D eigenvalue weighted by atomic mass is 10.2. The van der Waals surface area contributed by atoms with Crippen LogP contribution in [0.2, 0.25) is 0 Å². The van der Waals surface area contributed by atoms with E-state index in [-0.39, 0.29) is 4.90 Å². The average molecular weight is 284 g/mol. The molecule has 0 spiro atoms. The summed E-state index contributed by atoms with van der Waals surface area (Å²) in [4.78, 5) is 0.181. The van der Waals surface area contributed by atoms with E-state index in [1.54, 1.807) is 20.9 Å². The van der Waals surface area contributed by atoms with Crippen LogP contribution in [-0.2, 0) is 16.6 Å². The van der Waals surface area contributed by atoms with Crippen molar-refractivity contribution < 1.29 is 12.8 Å². The van der Waals surface area contributed by atoms with Crippen molar-refractivity contribution in [3.63, 3.8) is 0 Å². The van der Waals surface area contributed by atoms with Crippen molar-refractivity contribution in [2.75, 3.05) is 11.8 Å². The highest BCUT2D eigenvalue weighted by Crippen LogP contribution is 2.28. The summed E-state index contributed by atoms with van der Waals surface area (Å²) in [6.45, 7) is 3.80. The largest absolute Gasteiger partial charge is 0.465 e. The number of rotatable bonds is 5. The van der Waals surface area contributed by atoms with Crippen LogP contribution < -0.4 is 10.0 Å². The Morgan fingerprint density at radius 3 is 2.68 bits per heavy atom. The normalized spacial score (nSPS) is 11.7. The van der Waals surface area contributed by atoms with Crippen LogP contribution in [0.4, 0.5) is 5.69 Å². The van der Waals surface area contributed by atoms with E-state index in [0.29, 0.717) is 29.3 Å². The molecule has 8 heteroatoms. The molecule has 0 aliphatic carbocycles. The van der Waals surface area contributed by atoms with Crippen LogP contribution in [0.3, 0.4) is 0 Å². The summed E-state index contributed by atoms with van der Waals surface area (Å²) >= 11 is 0. The first kappa shape index (κ1) is 13.6. The van der Waals surface area contributed by atoms with Crippen LogP contribution in [0.25, 0.3) is 0 Å². The second-order valence-corrected chi connectivity index (χ2v) is 5.76. The third kappa shape index (κ3) is 2.64. The number of nitrogens with zero attached hydrogens (tertiary/aromatic N) is 1. The lowest BCUT2D eigenvalue weighted by molar-refractivity contribution is 0.494. The molecule has 2 rings (SSSR count). The second kappa shape index (κ2) is 5.06. The predicted octanol–water partition coefficient (Wildman–Crippen LogP) is 1.14. The fourth-order valence-corrected chi connectivity index (χ4v) is 3.44. The smallest absolute Gasteiger partial charge is 0.265 e. The molecule has 0 aromatic carbocycles. The number of nitrogens with one attached hydrogen (secondary N) is 3. The van der Waals surface area contributed by atoms with E-state index in [4.69, 9.17) is 4.42 Å². The molecule has 7 nitrogen and oxygen atoms in total. The van der Waals surface area contributed by atoms with Gasteiger partial charge in [0.05, 0.1) is 11.9 Å². The molecule has 0 radical (unpaired) electrons. The Bertz CT molecular complexity index is 658. The van der Waals surface area contributed by atoms with Crippen molar-refractivity contribution in [2.24, 2.45) is 0 Å². The van der Waals surface area contributed by atoms with Crippen molar-refractivity contribution in [1.29, 1.82) is 0 Å². The number of furan rings is 1. The third-order valence-corrected chi connectivity index (χ3v) is 4.27. The molecule has 104 valence electrons. The molecular weight excluding hydrogens is 268 g/mol. The van der Waals surface area contributed by atoms with Gasteiger partial charge in [0.1, 0.15) is 16.4 Å². The Hall–Kier alpha value is -1.80. The minimum atomic E-state index is -3.69. The van der Waals surface area contributed by atoms with Gasteiger partial charge in [0.15, 0.2) is 0 Å². The van der Waals surface area contributed by atoms with Crippen molar-refractivity contribution in [2.45, 2.75) is 25.3 Å². The Balaban J connectivity index is 2.45. The van der Waals surface area contributed by atoms with E-state index in [1.165, 1.54) is 12.4 Å².